The van der Waals surface area contributed by atoms with E-state index in [9.17, 15) is 5.11 Å². The van der Waals surface area contributed by atoms with Gasteiger partial charge < -0.3 is 9.84 Å². The summed E-state index contributed by atoms with van der Waals surface area (Å²) in [5, 5.41) is 10.4. The molecule has 0 aliphatic heterocycles. The van der Waals surface area contributed by atoms with Gasteiger partial charge in [-0.05, 0) is 24.1 Å². The van der Waals surface area contributed by atoms with Gasteiger partial charge in [-0.3, -0.25) is 0 Å². The molecule has 0 fully saturated rings. The van der Waals surface area contributed by atoms with E-state index in [1.54, 1.807) is 7.11 Å². The second-order valence-corrected chi connectivity index (χ2v) is 3.56. The van der Waals surface area contributed by atoms with Crippen molar-refractivity contribution in [3.63, 3.8) is 0 Å². The van der Waals surface area contributed by atoms with E-state index in [4.69, 9.17) is 4.74 Å². The van der Waals surface area contributed by atoms with Crippen molar-refractivity contribution in [2.75, 3.05) is 12.4 Å². The number of rotatable bonds is 4. The Labute approximate surface area is 86.7 Å². The zero-order chi connectivity index (χ0) is 9.68. The van der Waals surface area contributed by atoms with Gasteiger partial charge in [0.15, 0.2) is 0 Å². The van der Waals surface area contributed by atoms with Gasteiger partial charge in [-0.1, -0.05) is 28.1 Å². The molecular formula is C10H13BrO2. The lowest BCUT2D eigenvalue weighted by Gasteiger charge is -2.09. The van der Waals surface area contributed by atoms with Crippen molar-refractivity contribution in [3.8, 4) is 5.75 Å². The molecule has 1 rings (SSSR count). The largest absolute Gasteiger partial charge is 0.497 e. The molecule has 0 radical (unpaired) electrons. The first-order valence-electron chi connectivity index (χ1n) is 4.16. The Kier molecular flexibility index (Phi) is 4.25. The fourth-order valence-corrected chi connectivity index (χ4v) is 1.53. The molecule has 0 spiro atoms. The molecule has 1 atom stereocenters. The maximum atomic E-state index is 9.61. The number of alkyl halides is 1. The molecule has 0 aliphatic carbocycles. The van der Waals surface area contributed by atoms with Crippen molar-refractivity contribution < 1.29 is 9.84 Å². The Morgan fingerprint density at radius 1 is 1.38 bits per heavy atom. The predicted octanol–water partition coefficient (Wildman–Crippen LogP) is 2.51. The topological polar surface area (TPSA) is 29.5 Å². The highest BCUT2D eigenvalue weighted by Gasteiger charge is 2.05. The van der Waals surface area contributed by atoms with Crippen LogP contribution < -0.4 is 4.74 Å². The van der Waals surface area contributed by atoms with Crippen molar-refractivity contribution in [2.45, 2.75) is 12.5 Å². The number of aliphatic hydroxyl groups is 1. The van der Waals surface area contributed by atoms with Gasteiger partial charge in [-0.2, -0.15) is 0 Å². The quantitative estimate of drug-likeness (QED) is 0.826. The Bertz CT molecular complexity index is 246. The zero-order valence-corrected chi connectivity index (χ0v) is 9.12. The van der Waals surface area contributed by atoms with Crippen LogP contribution in [0.4, 0.5) is 0 Å². The normalized spacial score (nSPS) is 12.5. The second-order valence-electron chi connectivity index (χ2n) is 2.77. The predicted molar refractivity (Wildman–Crippen MR) is 56.4 cm³/mol. The highest BCUT2D eigenvalue weighted by atomic mass is 79.9. The average Bonchev–Trinajstić information content (AvgIpc) is 2.18. The zero-order valence-electron chi connectivity index (χ0n) is 7.53. The smallest absolute Gasteiger partial charge is 0.118 e. The summed E-state index contributed by atoms with van der Waals surface area (Å²) >= 11 is 3.29. The highest BCUT2D eigenvalue weighted by Crippen LogP contribution is 2.20. The number of ether oxygens (including phenoxy) is 1. The molecule has 72 valence electrons. The summed E-state index contributed by atoms with van der Waals surface area (Å²) in [6.07, 6.45) is 0.345. The lowest BCUT2D eigenvalue weighted by Crippen LogP contribution is -1.97. The van der Waals surface area contributed by atoms with Crippen molar-refractivity contribution in [2.24, 2.45) is 0 Å². The molecule has 1 N–H and O–H groups in total. The number of benzene rings is 1. The maximum absolute atomic E-state index is 9.61. The van der Waals surface area contributed by atoms with E-state index in [1.165, 1.54) is 0 Å². The third-order valence-electron chi connectivity index (χ3n) is 1.88. The van der Waals surface area contributed by atoms with Crippen molar-refractivity contribution in [1.29, 1.82) is 0 Å². The molecule has 1 aromatic rings. The first-order chi connectivity index (χ1) is 6.27. The molecule has 0 aliphatic rings. The summed E-state index contributed by atoms with van der Waals surface area (Å²) in [4.78, 5) is 0. The van der Waals surface area contributed by atoms with Gasteiger partial charge in [0, 0.05) is 5.33 Å². The molecule has 0 amide bonds. The van der Waals surface area contributed by atoms with E-state index in [-0.39, 0.29) is 6.10 Å². The van der Waals surface area contributed by atoms with Gasteiger partial charge >= 0.3 is 0 Å². The first-order valence-corrected chi connectivity index (χ1v) is 5.28. The van der Waals surface area contributed by atoms with Crippen LogP contribution in [0.3, 0.4) is 0 Å². The van der Waals surface area contributed by atoms with Gasteiger partial charge in [0.1, 0.15) is 5.75 Å². The maximum Gasteiger partial charge on any atom is 0.118 e. The fraction of sp³-hybridized carbons (Fsp3) is 0.400. The second kappa shape index (κ2) is 5.25. The van der Waals surface area contributed by atoms with Crippen molar-refractivity contribution in [1.82, 2.24) is 0 Å². The van der Waals surface area contributed by atoms with E-state index < -0.39 is 0 Å². The average molecular weight is 245 g/mol. The Morgan fingerprint density at radius 3 is 2.46 bits per heavy atom. The van der Waals surface area contributed by atoms with Crippen LogP contribution in [-0.2, 0) is 0 Å². The van der Waals surface area contributed by atoms with Crippen molar-refractivity contribution in [3.05, 3.63) is 29.8 Å². The van der Waals surface area contributed by atoms with Crippen LogP contribution in [-0.4, -0.2) is 17.5 Å². The number of hydrogen-bond donors (Lipinski definition) is 1. The van der Waals surface area contributed by atoms with Gasteiger partial charge in [-0.25, -0.2) is 0 Å². The summed E-state index contributed by atoms with van der Waals surface area (Å²) in [6.45, 7) is 0. The molecule has 0 aromatic heterocycles. The molecule has 0 heterocycles. The third kappa shape index (κ3) is 3.01. The van der Waals surface area contributed by atoms with Crippen LogP contribution in [0, 0.1) is 0 Å². The molecule has 3 heteroatoms. The van der Waals surface area contributed by atoms with Crippen molar-refractivity contribution >= 4 is 15.9 Å². The minimum Gasteiger partial charge on any atom is -0.497 e. The number of hydrogen-bond acceptors (Lipinski definition) is 2. The van der Waals surface area contributed by atoms with Gasteiger partial charge in [0.05, 0.1) is 13.2 Å². The summed E-state index contributed by atoms with van der Waals surface area (Å²) < 4.78 is 5.02. The lowest BCUT2D eigenvalue weighted by atomic mass is 10.1. The summed E-state index contributed by atoms with van der Waals surface area (Å²) in [7, 11) is 1.63. The van der Waals surface area contributed by atoms with E-state index in [2.05, 4.69) is 15.9 Å². The van der Waals surface area contributed by atoms with E-state index in [1.807, 2.05) is 24.3 Å². The van der Waals surface area contributed by atoms with Crippen LogP contribution in [0.15, 0.2) is 24.3 Å². The van der Waals surface area contributed by atoms with Gasteiger partial charge in [0.25, 0.3) is 0 Å². The summed E-state index contributed by atoms with van der Waals surface area (Å²) in [5.41, 5.74) is 0.931. The molecule has 13 heavy (non-hydrogen) atoms. The molecular weight excluding hydrogens is 232 g/mol. The number of aliphatic hydroxyl groups excluding tert-OH is 1. The molecule has 0 saturated carbocycles. The van der Waals surface area contributed by atoms with E-state index in [0.717, 1.165) is 23.1 Å². The summed E-state index contributed by atoms with van der Waals surface area (Å²) in [5.74, 6) is 0.815. The monoisotopic (exact) mass is 244 g/mol. The SMILES string of the molecule is COc1ccc(C(O)CCBr)cc1. The fourth-order valence-electron chi connectivity index (χ4n) is 1.10. The van der Waals surface area contributed by atoms with Gasteiger partial charge in [0.2, 0.25) is 0 Å². The van der Waals surface area contributed by atoms with Crippen LogP contribution in [0.25, 0.3) is 0 Å². The first kappa shape index (κ1) is 10.5. The highest BCUT2D eigenvalue weighted by molar-refractivity contribution is 9.09. The molecule has 2 nitrogen and oxygen atoms in total. The Morgan fingerprint density at radius 2 is 2.00 bits per heavy atom. The lowest BCUT2D eigenvalue weighted by molar-refractivity contribution is 0.175. The van der Waals surface area contributed by atoms with Gasteiger partial charge in [-0.15, -0.1) is 0 Å². The molecule has 0 bridgehead atoms. The van der Waals surface area contributed by atoms with Crippen LogP contribution in [0.2, 0.25) is 0 Å². The minimum atomic E-state index is -0.384. The molecule has 1 unspecified atom stereocenters. The minimum absolute atomic E-state index is 0.384. The third-order valence-corrected chi connectivity index (χ3v) is 2.34. The van der Waals surface area contributed by atoms with Crippen LogP contribution >= 0.6 is 15.9 Å². The number of halogens is 1. The van der Waals surface area contributed by atoms with Crippen LogP contribution in [0.5, 0.6) is 5.75 Å². The number of methoxy groups -OCH3 is 1. The Balaban J connectivity index is 2.67. The molecule has 1 aromatic carbocycles. The molecule has 0 saturated heterocycles. The Hall–Kier alpha value is -0.540. The van der Waals surface area contributed by atoms with E-state index in [0.29, 0.717) is 0 Å². The summed E-state index contributed by atoms with van der Waals surface area (Å²) in [6, 6.07) is 7.47. The van der Waals surface area contributed by atoms with Crippen LogP contribution in [0.1, 0.15) is 18.1 Å². The van der Waals surface area contributed by atoms with E-state index >= 15 is 0 Å². The standard InChI is InChI=1S/C10H13BrO2/c1-13-9-4-2-8(3-5-9)10(12)6-7-11/h2-5,10,12H,6-7H2,1H3.